The number of aryl methyl sites for hydroxylation is 1. The molecule has 0 spiro atoms. The second-order valence-corrected chi connectivity index (χ2v) is 7.22. The summed E-state index contributed by atoms with van der Waals surface area (Å²) in [4.78, 5) is 0.257. The quantitative estimate of drug-likeness (QED) is 0.834. The molecule has 0 aromatic heterocycles. The summed E-state index contributed by atoms with van der Waals surface area (Å²) in [5.74, 6) is 0.379. The number of nitriles is 1. The largest absolute Gasteiger partial charge is 0.243 e. The summed E-state index contributed by atoms with van der Waals surface area (Å²) in [5, 5.41) is 8.92. The van der Waals surface area contributed by atoms with Crippen molar-refractivity contribution in [1.82, 2.24) is 4.31 Å². The van der Waals surface area contributed by atoms with Gasteiger partial charge in [-0.3, -0.25) is 0 Å². The van der Waals surface area contributed by atoms with E-state index in [0.29, 0.717) is 23.6 Å². The fraction of sp³-hybridized carbons (Fsp3) is 0.500. The van der Waals surface area contributed by atoms with Crippen LogP contribution >= 0.6 is 0 Å². The van der Waals surface area contributed by atoms with E-state index in [1.165, 1.54) is 6.07 Å². The van der Waals surface area contributed by atoms with Crippen LogP contribution in [0, 0.1) is 24.2 Å². The van der Waals surface area contributed by atoms with Crippen LogP contribution in [0.2, 0.25) is 0 Å². The van der Waals surface area contributed by atoms with Gasteiger partial charge in [-0.2, -0.15) is 9.57 Å². The Morgan fingerprint density at radius 3 is 2.58 bits per heavy atom. The normalized spacial score (nSPS) is 24.3. The van der Waals surface area contributed by atoms with Crippen LogP contribution in [0.4, 0.5) is 0 Å². The van der Waals surface area contributed by atoms with Crippen LogP contribution in [0.25, 0.3) is 0 Å². The molecule has 0 aliphatic carbocycles. The van der Waals surface area contributed by atoms with E-state index < -0.39 is 10.0 Å². The molecule has 0 bridgehead atoms. The fourth-order valence-electron chi connectivity index (χ4n) is 2.67. The highest BCUT2D eigenvalue weighted by Crippen LogP contribution is 2.30. The zero-order valence-corrected chi connectivity index (χ0v) is 12.2. The molecule has 0 N–H and O–H groups in total. The van der Waals surface area contributed by atoms with Gasteiger partial charge in [0.2, 0.25) is 10.0 Å². The van der Waals surface area contributed by atoms with E-state index in [4.69, 9.17) is 5.26 Å². The zero-order valence-electron chi connectivity index (χ0n) is 11.4. The van der Waals surface area contributed by atoms with Gasteiger partial charge in [0.1, 0.15) is 0 Å². The van der Waals surface area contributed by atoms with Crippen molar-refractivity contribution in [3.63, 3.8) is 0 Å². The van der Waals surface area contributed by atoms with Crippen molar-refractivity contribution in [2.45, 2.75) is 38.1 Å². The van der Waals surface area contributed by atoms with E-state index in [1.54, 1.807) is 23.4 Å². The van der Waals surface area contributed by atoms with E-state index in [2.05, 4.69) is 6.92 Å². The first-order valence-corrected chi connectivity index (χ1v) is 7.83. The monoisotopic (exact) mass is 278 g/mol. The molecule has 0 radical (unpaired) electrons. The molecule has 2 unspecified atom stereocenters. The summed E-state index contributed by atoms with van der Waals surface area (Å²) in [6.07, 6.45) is 0.885. The number of sulfonamides is 1. The lowest BCUT2D eigenvalue weighted by Crippen LogP contribution is -2.34. The molecule has 0 amide bonds. The van der Waals surface area contributed by atoms with Gasteiger partial charge < -0.3 is 0 Å². The van der Waals surface area contributed by atoms with E-state index >= 15 is 0 Å². The van der Waals surface area contributed by atoms with Gasteiger partial charge in [0.25, 0.3) is 0 Å². The molecule has 1 fully saturated rings. The van der Waals surface area contributed by atoms with Gasteiger partial charge in [-0.25, -0.2) is 8.42 Å². The summed E-state index contributed by atoms with van der Waals surface area (Å²) in [6, 6.07) is 6.82. The molecular weight excluding hydrogens is 260 g/mol. The topological polar surface area (TPSA) is 61.2 Å². The molecular formula is C14H18N2O2S. The molecule has 4 nitrogen and oxygen atoms in total. The molecule has 1 saturated heterocycles. The van der Waals surface area contributed by atoms with E-state index in [1.807, 2.05) is 13.0 Å². The van der Waals surface area contributed by atoms with E-state index in [0.717, 1.165) is 6.42 Å². The minimum absolute atomic E-state index is 0.0186. The SMILES string of the molecule is Cc1ccc(C#N)cc1S(=O)(=O)N1CC(C)CC1C. The number of hydrogen-bond donors (Lipinski definition) is 0. The molecule has 1 aromatic carbocycles. The summed E-state index contributed by atoms with van der Waals surface area (Å²) < 4.78 is 26.9. The van der Waals surface area contributed by atoms with Gasteiger partial charge in [-0.15, -0.1) is 0 Å². The van der Waals surface area contributed by atoms with Gasteiger partial charge in [0.05, 0.1) is 16.5 Å². The summed E-state index contributed by atoms with van der Waals surface area (Å²) >= 11 is 0. The molecule has 0 saturated carbocycles. The minimum atomic E-state index is -3.50. The zero-order chi connectivity index (χ0) is 14.2. The Morgan fingerprint density at radius 2 is 2.05 bits per heavy atom. The average Bonchev–Trinajstić information content (AvgIpc) is 2.69. The first kappa shape index (κ1) is 14.0. The van der Waals surface area contributed by atoms with Crippen molar-refractivity contribution in [2.75, 3.05) is 6.54 Å². The standard InChI is InChI=1S/C14H18N2O2S/c1-10-6-12(3)16(9-10)19(17,18)14-7-13(8-15)5-4-11(14)2/h4-5,7,10,12H,6,9H2,1-3H3. The predicted octanol–water partition coefficient (Wildman–Crippen LogP) is 2.29. The molecule has 1 heterocycles. The van der Waals surface area contributed by atoms with Crippen molar-refractivity contribution >= 4 is 10.0 Å². The first-order valence-electron chi connectivity index (χ1n) is 6.39. The van der Waals surface area contributed by atoms with Crippen molar-refractivity contribution in [1.29, 1.82) is 5.26 Å². The molecule has 1 aliphatic rings. The Bertz CT molecular complexity index is 631. The van der Waals surface area contributed by atoms with Crippen LogP contribution in [-0.4, -0.2) is 25.3 Å². The number of nitrogens with zero attached hydrogens (tertiary/aromatic N) is 2. The van der Waals surface area contributed by atoms with Gasteiger partial charge in [-0.1, -0.05) is 13.0 Å². The molecule has 1 aliphatic heterocycles. The van der Waals surface area contributed by atoms with Gasteiger partial charge in [0.15, 0.2) is 0 Å². The van der Waals surface area contributed by atoms with Crippen molar-refractivity contribution in [3.8, 4) is 6.07 Å². The maximum absolute atomic E-state index is 12.7. The Hall–Kier alpha value is -1.38. The summed E-state index contributed by atoms with van der Waals surface area (Å²) in [7, 11) is -3.50. The summed E-state index contributed by atoms with van der Waals surface area (Å²) in [5.41, 5.74) is 1.06. The second-order valence-electron chi connectivity index (χ2n) is 5.36. The Balaban J connectivity index is 2.49. The maximum Gasteiger partial charge on any atom is 0.243 e. The number of hydrogen-bond acceptors (Lipinski definition) is 3. The van der Waals surface area contributed by atoms with Crippen LogP contribution in [0.1, 0.15) is 31.4 Å². The maximum atomic E-state index is 12.7. The van der Waals surface area contributed by atoms with E-state index in [-0.39, 0.29) is 10.9 Å². The van der Waals surface area contributed by atoms with Crippen LogP contribution in [0.15, 0.2) is 23.1 Å². The lowest BCUT2D eigenvalue weighted by atomic mass is 10.1. The molecule has 5 heteroatoms. The third-order valence-corrected chi connectivity index (χ3v) is 5.75. The van der Waals surface area contributed by atoms with Crippen molar-refractivity contribution in [3.05, 3.63) is 29.3 Å². The molecule has 19 heavy (non-hydrogen) atoms. The average molecular weight is 278 g/mol. The number of benzene rings is 1. The van der Waals surface area contributed by atoms with E-state index in [9.17, 15) is 8.42 Å². The van der Waals surface area contributed by atoms with Crippen LogP contribution < -0.4 is 0 Å². The van der Waals surface area contributed by atoms with Gasteiger partial charge in [0, 0.05) is 12.6 Å². The smallest absolute Gasteiger partial charge is 0.207 e. The van der Waals surface area contributed by atoms with Crippen LogP contribution in [0.3, 0.4) is 0 Å². The molecule has 2 atom stereocenters. The molecule has 2 rings (SSSR count). The summed E-state index contributed by atoms with van der Waals surface area (Å²) in [6.45, 7) is 6.31. The fourth-order valence-corrected chi connectivity index (χ4v) is 4.68. The molecule has 102 valence electrons. The highest BCUT2D eigenvalue weighted by molar-refractivity contribution is 7.89. The second kappa shape index (κ2) is 4.95. The van der Waals surface area contributed by atoms with Crippen molar-refractivity contribution in [2.24, 2.45) is 5.92 Å². The Labute approximate surface area is 114 Å². The van der Waals surface area contributed by atoms with Crippen LogP contribution in [0.5, 0.6) is 0 Å². The lowest BCUT2D eigenvalue weighted by molar-refractivity contribution is 0.405. The molecule has 1 aromatic rings. The predicted molar refractivity (Wildman–Crippen MR) is 73.0 cm³/mol. The van der Waals surface area contributed by atoms with Gasteiger partial charge in [-0.05, 0) is 43.9 Å². The minimum Gasteiger partial charge on any atom is -0.207 e. The van der Waals surface area contributed by atoms with Crippen molar-refractivity contribution < 1.29 is 8.42 Å². The lowest BCUT2D eigenvalue weighted by Gasteiger charge is -2.22. The number of rotatable bonds is 2. The highest BCUT2D eigenvalue weighted by Gasteiger charge is 2.36. The van der Waals surface area contributed by atoms with Crippen LogP contribution in [-0.2, 0) is 10.0 Å². The third kappa shape index (κ3) is 2.51. The van der Waals surface area contributed by atoms with Gasteiger partial charge >= 0.3 is 0 Å². The Morgan fingerprint density at radius 1 is 1.37 bits per heavy atom. The third-order valence-electron chi connectivity index (χ3n) is 3.63. The highest BCUT2D eigenvalue weighted by atomic mass is 32.2. The first-order chi connectivity index (χ1) is 8.86. The Kier molecular flexibility index (Phi) is 3.66.